The SMILES string of the molecule is CC(NC(=O)c1ccc(C#CCN)cn1)c1ccccc1. The van der Waals surface area contributed by atoms with E-state index in [1.165, 1.54) is 0 Å². The average molecular weight is 279 g/mol. The summed E-state index contributed by atoms with van der Waals surface area (Å²) in [6.07, 6.45) is 1.57. The Morgan fingerprint density at radius 2 is 2.05 bits per heavy atom. The van der Waals surface area contributed by atoms with E-state index in [0.29, 0.717) is 12.2 Å². The summed E-state index contributed by atoms with van der Waals surface area (Å²) in [4.78, 5) is 16.2. The van der Waals surface area contributed by atoms with Crippen LogP contribution in [-0.2, 0) is 0 Å². The Morgan fingerprint density at radius 3 is 2.67 bits per heavy atom. The molecule has 0 aliphatic carbocycles. The van der Waals surface area contributed by atoms with Crippen molar-refractivity contribution >= 4 is 5.91 Å². The second kappa shape index (κ2) is 7.22. The smallest absolute Gasteiger partial charge is 0.270 e. The van der Waals surface area contributed by atoms with E-state index in [0.717, 1.165) is 11.1 Å². The van der Waals surface area contributed by atoms with Crippen LogP contribution in [0.2, 0.25) is 0 Å². The zero-order valence-electron chi connectivity index (χ0n) is 11.8. The molecule has 4 heteroatoms. The number of nitrogens with zero attached hydrogens (tertiary/aromatic N) is 1. The molecule has 1 unspecified atom stereocenters. The molecule has 2 aromatic rings. The van der Waals surface area contributed by atoms with Gasteiger partial charge in [0.25, 0.3) is 5.91 Å². The highest BCUT2D eigenvalue weighted by atomic mass is 16.1. The van der Waals surface area contributed by atoms with Gasteiger partial charge in [0.2, 0.25) is 0 Å². The zero-order valence-corrected chi connectivity index (χ0v) is 11.8. The molecule has 0 spiro atoms. The lowest BCUT2D eigenvalue weighted by molar-refractivity contribution is 0.0935. The molecule has 2 rings (SSSR count). The number of rotatable bonds is 3. The van der Waals surface area contributed by atoms with Crippen molar-refractivity contribution < 1.29 is 4.79 Å². The number of amides is 1. The lowest BCUT2D eigenvalue weighted by Crippen LogP contribution is -2.27. The number of nitrogens with one attached hydrogen (secondary N) is 1. The van der Waals surface area contributed by atoms with E-state index in [2.05, 4.69) is 22.1 Å². The van der Waals surface area contributed by atoms with Crippen LogP contribution in [0.5, 0.6) is 0 Å². The van der Waals surface area contributed by atoms with E-state index >= 15 is 0 Å². The van der Waals surface area contributed by atoms with Gasteiger partial charge < -0.3 is 11.1 Å². The fourth-order valence-corrected chi connectivity index (χ4v) is 1.85. The molecule has 0 saturated heterocycles. The number of aromatic nitrogens is 1. The molecule has 4 nitrogen and oxygen atoms in total. The van der Waals surface area contributed by atoms with Crippen LogP contribution in [0.1, 0.15) is 34.6 Å². The molecular weight excluding hydrogens is 262 g/mol. The molecule has 1 aromatic carbocycles. The zero-order chi connectivity index (χ0) is 15.1. The molecule has 0 fully saturated rings. The fraction of sp³-hybridized carbons (Fsp3) is 0.176. The van der Waals surface area contributed by atoms with Gasteiger partial charge in [-0.05, 0) is 24.6 Å². The summed E-state index contributed by atoms with van der Waals surface area (Å²) in [5, 5.41) is 2.92. The van der Waals surface area contributed by atoms with Crippen LogP contribution >= 0.6 is 0 Å². The molecular formula is C17H17N3O. The van der Waals surface area contributed by atoms with Gasteiger partial charge in [-0.3, -0.25) is 4.79 Å². The first-order valence-electron chi connectivity index (χ1n) is 6.71. The van der Waals surface area contributed by atoms with Crippen molar-refractivity contribution in [3.8, 4) is 11.8 Å². The third-order valence-electron chi connectivity index (χ3n) is 2.98. The molecule has 21 heavy (non-hydrogen) atoms. The van der Waals surface area contributed by atoms with Gasteiger partial charge in [-0.1, -0.05) is 42.2 Å². The van der Waals surface area contributed by atoms with Gasteiger partial charge in [-0.25, -0.2) is 4.98 Å². The highest BCUT2D eigenvalue weighted by molar-refractivity contribution is 5.92. The van der Waals surface area contributed by atoms with E-state index in [1.807, 2.05) is 37.3 Å². The molecule has 0 aliphatic heterocycles. The Hall–Kier alpha value is -2.64. The summed E-state index contributed by atoms with van der Waals surface area (Å²) in [5.74, 6) is 5.41. The predicted octanol–water partition coefficient (Wildman–Crippen LogP) is 1.88. The average Bonchev–Trinajstić information content (AvgIpc) is 2.54. The summed E-state index contributed by atoms with van der Waals surface area (Å²) >= 11 is 0. The van der Waals surface area contributed by atoms with Gasteiger partial charge in [0, 0.05) is 11.8 Å². The Labute approximate surface area is 124 Å². The van der Waals surface area contributed by atoms with Crippen LogP contribution in [0.3, 0.4) is 0 Å². The minimum Gasteiger partial charge on any atom is -0.344 e. The Morgan fingerprint density at radius 1 is 1.29 bits per heavy atom. The van der Waals surface area contributed by atoms with Crippen molar-refractivity contribution in [2.45, 2.75) is 13.0 Å². The monoisotopic (exact) mass is 279 g/mol. The van der Waals surface area contributed by atoms with Crippen LogP contribution in [0.25, 0.3) is 0 Å². The number of hydrogen-bond donors (Lipinski definition) is 2. The van der Waals surface area contributed by atoms with E-state index < -0.39 is 0 Å². The summed E-state index contributed by atoms with van der Waals surface area (Å²) in [5.41, 5.74) is 7.47. The summed E-state index contributed by atoms with van der Waals surface area (Å²) in [6.45, 7) is 2.24. The van der Waals surface area contributed by atoms with Gasteiger partial charge in [-0.2, -0.15) is 0 Å². The first-order valence-corrected chi connectivity index (χ1v) is 6.71. The largest absolute Gasteiger partial charge is 0.344 e. The summed E-state index contributed by atoms with van der Waals surface area (Å²) in [7, 11) is 0. The lowest BCUT2D eigenvalue weighted by Gasteiger charge is -2.13. The Balaban J connectivity index is 2.03. The number of carbonyl (C=O) groups is 1. The van der Waals surface area contributed by atoms with E-state index in [9.17, 15) is 4.79 Å². The number of benzene rings is 1. The van der Waals surface area contributed by atoms with E-state index in [-0.39, 0.29) is 11.9 Å². The number of nitrogens with two attached hydrogens (primary N) is 1. The molecule has 1 aromatic heterocycles. The maximum atomic E-state index is 12.1. The minimum absolute atomic E-state index is 0.0720. The first kappa shape index (κ1) is 14.8. The maximum Gasteiger partial charge on any atom is 0.270 e. The highest BCUT2D eigenvalue weighted by Gasteiger charge is 2.11. The Kier molecular flexibility index (Phi) is 5.08. The van der Waals surface area contributed by atoms with Crippen molar-refractivity contribution in [3.05, 3.63) is 65.5 Å². The van der Waals surface area contributed by atoms with Crippen LogP contribution in [-0.4, -0.2) is 17.4 Å². The molecule has 0 bridgehead atoms. The minimum atomic E-state index is -0.204. The molecule has 1 heterocycles. The second-order valence-corrected chi connectivity index (χ2v) is 4.54. The molecule has 3 N–H and O–H groups in total. The fourth-order valence-electron chi connectivity index (χ4n) is 1.85. The van der Waals surface area contributed by atoms with Gasteiger partial charge in [0.05, 0.1) is 12.6 Å². The van der Waals surface area contributed by atoms with Crippen LogP contribution < -0.4 is 11.1 Å². The van der Waals surface area contributed by atoms with Gasteiger partial charge in [0.1, 0.15) is 5.69 Å². The van der Waals surface area contributed by atoms with Crippen LogP contribution in [0, 0.1) is 11.8 Å². The van der Waals surface area contributed by atoms with Gasteiger partial charge in [-0.15, -0.1) is 0 Å². The van der Waals surface area contributed by atoms with Gasteiger partial charge >= 0.3 is 0 Å². The molecule has 1 atom stereocenters. The standard InChI is InChI=1S/C17H17N3O/c1-13(15-7-3-2-4-8-15)20-17(21)16-10-9-14(12-19-16)6-5-11-18/h2-4,7-10,12-13H,11,18H2,1H3,(H,20,21). The normalized spacial score (nSPS) is 11.1. The molecule has 0 aliphatic rings. The van der Waals surface area contributed by atoms with Crippen LogP contribution in [0.15, 0.2) is 48.7 Å². The van der Waals surface area contributed by atoms with Crippen molar-refractivity contribution in [2.24, 2.45) is 5.73 Å². The van der Waals surface area contributed by atoms with Gasteiger partial charge in [0.15, 0.2) is 0 Å². The van der Waals surface area contributed by atoms with Crippen LogP contribution in [0.4, 0.5) is 0 Å². The quantitative estimate of drug-likeness (QED) is 0.843. The number of carbonyl (C=O) groups excluding carboxylic acids is 1. The highest BCUT2D eigenvalue weighted by Crippen LogP contribution is 2.11. The third kappa shape index (κ3) is 4.16. The number of hydrogen-bond acceptors (Lipinski definition) is 3. The topological polar surface area (TPSA) is 68.0 Å². The van der Waals surface area contributed by atoms with E-state index in [4.69, 9.17) is 5.73 Å². The second-order valence-electron chi connectivity index (χ2n) is 4.54. The Bertz CT molecular complexity index is 654. The summed E-state index contributed by atoms with van der Waals surface area (Å²) in [6, 6.07) is 13.1. The van der Waals surface area contributed by atoms with Crippen molar-refractivity contribution in [1.29, 1.82) is 0 Å². The number of pyridine rings is 1. The molecule has 0 saturated carbocycles. The molecule has 1 amide bonds. The first-order chi connectivity index (χ1) is 10.2. The van der Waals surface area contributed by atoms with Crippen molar-refractivity contribution in [2.75, 3.05) is 6.54 Å². The lowest BCUT2D eigenvalue weighted by atomic mass is 10.1. The van der Waals surface area contributed by atoms with E-state index in [1.54, 1.807) is 18.3 Å². The molecule has 0 radical (unpaired) electrons. The molecule has 106 valence electrons. The van der Waals surface area contributed by atoms with Crippen molar-refractivity contribution in [3.63, 3.8) is 0 Å². The van der Waals surface area contributed by atoms with Crippen molar-refractivity contribution in [1.82, 2.24) is 10.3 Å². The predicted molar refractivity (Wildman–Crippen MR) is 82.5 cm³/mol. The maximum absolute atomic E-state index is 12.1. The summed E-state index contributed by atoms with van der Waals surface area (Å²) < 4.78 is 0. The third-order valence-corrected chi connectivity index (χ3v) is 2.98.